The zero-order valence-corrected chi connectivity index (χ0v) is 13.3. The van der Waals surface area contributed by atoms with E-state index in [0.29, 0.717) is 37.5 Å². The van der Waals surface area contributed by atoms with Crippen molar-refractivity contribution < 1.29 is 9.21 Å². The van der Waals surface area contributed by atoms with Gasteiger partial charge >= 0.3 is 0 Å². The number of amides is 1. The van der Waals surface area contributed by atoms with Crippen molar-refractivity contribution in [3.63, 3.8) is 0 Å². The van der Waals surface area contributed by atoms with E-state index >= 15 is 0 Å². The fourth-order valence-corrected chi connectivity index (χ4v) is 2.57. The predicted molar refractivity (Wildman–Crippen MR) is 81.5 cm³/mol. The van der Waals surface area contributed by atoms with Gasteiger partial charge in [-0.15, -0.1) is 0 Å². The highest BCUT2D eigenvalue weighted by Gasteiger charge is 2.20. The standard InChI is InChI=1S/C15H16BrN3O2/c1-2-18-10-12(16)9-14(18)15(20)19(7-4-6-17)11-13-5-3-8-21-13/h3,5,8-10H,2,4,7,11H2,1H3. The lowest BCUT2D eigenvalue weighted by Gasteiger charge is -2.21. The number of carbonyl (C=O) groups is 1. The minimum absolute atomic E-state index is 0.103. The fourth-order valence-electron chi connectivity index (χ4n) is 2.11. The van der Waals surface area contributed by atoms with Crippen LogP contribution in [0.25, 0.3) is 0 Å². The first-order valence-electron chi connectivity index (χ1n) is 6.70. The van der Waals surface area contributed by atoms with Crippen molar-refractivity contribution in [3.8, 4) is 6.07 Å². The second kappa shape index (κ2) is 7.14. The summed E-state index contributed by atoms with van der Waals surface area (Å²) in [5.74, 6) is 0.601. The lowest BCUT2D eigenvalue weighted by molar-refractivity contribution is 0.0724. The summed E-state index contributed by atoms with van der Waals surface area (Å²) in [5.41, 5.74) is 0.605. The highest BCUT2D eigenvalue weighted by molar-refractivity contribution is 9.10. The first-order valence-corrected chi connectivity index (χ1v) is 7.49. The molecule has 0 saturated carbocycles. The van der Waals surface area contributed by atoms with Gasteiger partial charge in [-0.1, -0.05) is 0 Å². The minimum Gasteiger partial charge on any atom is -0.467 e. The second-order valence-electron chi connectivity index (χ2n) is 4.54. The Kier molecular flexibility index (Phi) is 5.23. The van der Waals surface area contributed by atoms with Gasteiger partial charge in [0.05, 0.1) is 25.3 Å². The molecule has 0 aliphatic heterocycles. The zero-order chi connectivity index (χ0) is 15.2. The summed E-state index contributed by atoms with van der Waals surface area (Å²) < 4.78 is 8.05. The van der Waals surface area contributed by atoms with Gasteiger partial charge in [-0.05, 0) is 41.1 Å². The molecular weight excluding hydrogens is 334 g/mol. The highest BCUT2D eigenvalue weighted by Crippen LogP contribution is 2.18. The number of rotatable bonds is 6. The normalized spacial score (nSPS) is 10.3. The monoisotopic (exact) mass is 349 g/mol. The molecule has 2 aromatic rings. The Bertz CT molecular complexity index is 640. The van der Waals surface area contributed by atoms with Crippen LogP contribution < -0.4 is 0 Å². The lowest BCUT2D eigenvalue weighted by atomic mass is 10.3. The zero-order valence-electron chi connectivity index (χ0n) is 11.8. The summed E-state index contributed by atoms with van der Waals surface area (Å²) in [6, 6.07) is 7.48. The van der Waals surface area contributed by atoms with Gasteiger partial charge in [0.25, 0.3) is 5.91 Å². The van der Waals surface area contributed by atoms with Crippen molar-refractivity contribution in [1.29, 1.82) is 5.26 Å². The van der Waals surface area contributed by atoms with Crippen molar-refractivity contribution >= 4 is 21.8 Å². The Morgan fingerprint density at radius 1 is 1.57 bits per heavy atom. The van der Waals surface area contributed by atoms with Crippen molar-refractivity contribution in [2.24, 2.45) is 0 Å². The van der Waals surface area contributed by atoms with Crippen molar-refractivity contribution in [2.45, 2.75) is 26.4 Å². The summed E-state index contributed by atoms with van der Waals surface area (Å²) in [5, 5.41) is 8.77. The molecule has 0 aliphatic carbocycles. The van der Waals surface area contributed by atoms with Crippen LogP contribution in [0.1, 0.15) is 29.6 Å². The molecule has 0 fully saturated rings. The number of nitrogens with zero attached hydrogens (tertiary/aromatic N) is 3. The van der Waals surface area contributed by atoms with Crippen LogP contribution in [-0.4, -0.2) is 21.9 Å². The van der Waals surface area contributed by atoms with Crippen molar-refractivity contribution in [2.75, 3.05) is 6.54 Å². The Morgan fingerprint density at radius 3 is 3.00 bits per heavy atom. The topological polar surface area (TPSA) is 62.2 Å². The predicted octanol–water partition coefficient (Wildman–Crippen LogP) is 3.42. The van der Waals surface area contributed by atoms with E-state index in [1.165, 1.54) is 0 Å². The van der Waals surface area contributed by atoms with Gasteiger partial charge in [0, 0.05) is 23.8 Å². The summed E-state index contributed by atoms with van der Waals surface area (Å²) in [6.07, 6.45) is 3.75. The van der Waals surface area contributed by atoms with Gasteiger partial charge in [0.15, 0.2) is 0 Å². The number of hydrogen-bond donors (Lipinski definition) is 0. The van der Waals surface area contributed by atoms with Gasteiger partial charge in [0.2, 0.25) is 0 Å². The molecule has 0 aromatic carbocycles. The Morgan fingerprint density at radius 2 is 2.38 bits per heavy atom. The molecule has 2 rings (SSSR count). The first kappa shape index (κ1) is 15.4. The van der Waals surface area contributed by atoms with Gasteiger partial charge in [-0.3, -0.25) is 4.79 Å². The van der Waals surface area contributed by atoms with Gasteiger partial charge < -0.3 is 13.9 Å². The van der Waals surface area contributed by atoms with E-state index in [0.717, 1.165) is 4.47 Å². The fraction of sp³-hybridized carbons (Fsp3) is 0.333. The Balaban J connectivity index is 2.22. The van der Waals surface area contributed by atoms with Crippen LogP contribution in [0.3, 0.4) is 0 Å². The Labute approximate surface area is 131 Å². The lowest BCUT2D eigenvalue weighted by Crippen LogP contribution is -2.32. The number of furan rings is 1. The third kappa shape index (κ3) is 3.76. The van der Waals surface area contributed by atoms with E-state index in [4.69, 9.17) is 9.68 Å². The van der Waals surface area contributed by atoms with E-state index in [9.17, 15) is 4.79 Å². The SMILES string of the molecule is CCn1cc(Br)cc1C(=O)N(CCC#N)Cc1ccco1. The number of carbonyl (C=O) groups excluding carboxylic acids is 1. The largest absolute Gasteiger partial charge is 0.467 e. The molecule has 0 saturated heterocycles. The molecule has 0 radical (unpaired) electrons. The molecule has 0 unspecified atom stereocenters. The molecule has 0 N–H and O–H groups in total. The quantitative estimate of drug-likeness (QED) is 0.802. The van der Waals surface area contributed by atoms with E-state index in [1.54, 1.807) is 23.3 Å². The molecule has 0 aliphatic rings. The maximum absolute atomic E-state index is 12.7. The summed E-state index contributed by atoms with van der Waals surface area (Å²) in [6.45, 7) is 3.43. The molecular formula is C15H16BrN3O2. The van der Waals surface area contributed by atoms with E-state index in [1.807, 2.05) is 23.8 Å². The molecule has 0 atom stereocenters. The first-order chi connectivity index (χ1) is 10.2. The molecule has 110 valence electrons. The Hall–Kier alpha value is -2.00. The van der Waals surface area contributed by atoms with Crippen LogP contribution in [0.15, 0.2) is 39.5 Å². The maximum atomic E-state index is 12.7. The van der Waals surface area contributed by atoms with Crippen LogP contribution >= 0.6 is 15.9 Å². The molecule has 21 heavy (non-hydrogen) atoms. The number of nitriles is 1. The van der Waals surface area contributed by atoms with Crippen molar-refractivity contribution in [3.05, 3.63) is 46.6 Å². The number of hydrogen-bond acceptors (Lipinski definition) is 3. The molecule has 0 spiro atoms. The van der Waals surface area contributed by atoms with Crippen LogP contribution in [0, 0.1) is 11.3 Å². The maximum Gasteiger partial charge on any atom is 0.270 e. The van der Waals surface area contributed by atoms with E-state index < -0.39 is 0 Å². The molecule has 2 aromatic heterocycles. The highest BCUT2D eigenvalue weighted by atomic mass is 79.9. The third-order valence-electron chi connectivity index (χ3n) is 3.13. The number of aromatic nitrogens is 1. The van der Waals surface area contributed by atoms with Gasteiger partial charge in [0.1, 0.15) is 11.5 Å². The summed E-state index contributed by atoms with van der Waals surface area (Å²) in [4.78, 5) is 14.3. The molecule has 2 heterocycles. The number of aryl methyl sites for hydroxylation is 1. The van der Waals surface area contributed by atoms with Gasteiger partial charge in [-0.2, -0.15) is 5.26 Å². The van der Waals surface area contributed by atoms with Crippen LogP contribution in [0.5, 0.6) is 0 Å². The summed E-state index contributed by atoms with van der Waals surface area (Å²) >= 11 is 3.39. The van der Waals surface area contributed by atoms with Crippen LogP contribution in [-0.2, 0) is 13.1 Å². The second-order valence-corrected chi connectivity index (χ2v) is 5.46. The summed E-state index contributed by atoms with van der Waals surface area (Å²) in [7, 11) is 0. The third-order valence-corrected chi connectivity index (χ3v) is 3.56. The smallest absolute Gasteiger partial charge is 0.270 e. The minimum atomic E-state index is -0.103. The number of halogens is 1. The molecule has 6 heteroatoms. The molecule has 5 nitrogen and oxygen atoms in total. The van der Waals surface area contributed by atoms with E-state index in [-0.39, 0.29) is 5.91 Å². The van der Waals surface area contributed by atoms with Crippen LogP contribution in [0.2, 0.25) is 0 Å². The van der Waals surface area contributed by atoms with E-state index in [2.05, 4.69) is 22.0 Å². The average Bonchev–Trinajstić information content (AvgIpc) is 3.11. The van der Waals surface area contributed by atoms with Gasteiger partial charge in [-0.25, -0.2) is 0 Å². The van der Waals surface area contributed by atoms with Crippen LogP contribution in [0.4, 0.5) is 0 Å². The molecule has 0 bridgehead atoms. The van der Waals surface area contributed by atoms with Crippen molar-refractivity contribution in [1.82, 2.24) is 9.47 Å². The molecule has 1 amide bonds. The average molecular weight is 350 g/mol.